The van der Waals surface area contributed by atoms with Crippen LogP contribution < -0.4 is 5.32 Å². The fourth-order valence-electron chi connectivity index (χ4n) is 2.75. The normalized spacial score (nSPS) is 17.3. The molecule has 1 unspecified atom stereocenters. The second-order valence-corrected chi connectivity index (χ2v) is 6.79. The summed E-state index contributed by atoms with van der Waals surface area (Å²) in [4.78, 5) is 16.5. The Balaban J connectivity index is 1.42. The lowest BCUT2D eigenvalue weighted by atomic mass is 10.2. The number of aromatic nitrogens is 1. The van der Waals surface area contributed by atoms with Crippen LogP contribution in [0.4, 0.5) is 0 Å². The maximum absolute atomic E-state index is 12.0. The van der Waals surface area contributed by atoms with Crippen LogP contribution >= 0.6 is 11.3 Å². The molecule has 1 N–H and O–H groups in total. The molecule has 0 saturated carbocycles. The number of nitrogens with one attached hydrogen (secondary N) is 1. The van der Waals surface area contributed by atoms with Crippen LogP contribution in [-0.2, 0) is 22.4 Å². The van der Waals surface area contributed by atoms with E-state index in [9.17, 15) is 4.79 Å². The van der Waals surface area contributed by atoms with E-state index in [0.717, 1.165) is 43.0 Å². The molecule has 4 nitrogen and oxygen atoms in total. The van der Waals surface area contributed by atoms with Gasteiger partial charge in [0.1, 0.15) is 0 Å². The highest BCUT2D eigenvalue weighted by Gasteiger charge is 2.15. The number of carbonyl (C=O) groups is 1. The van der Waals surface area contributed by atoms with Gasteiger partial charge in [-0.05, 0) is 24.8 Å². The molecule has 1 saturated heterocycles. The minimum absolute atomic E-state index is 0.0413. The van der Waals surface area contributed by atoms with Gasteiger partial charge in [-0.2, -0.15) is 0 Å². The Morgan fingerprint density at radius 2 is 2.22 bits per heavy atom. The molecule has 23 heavy (non-hydrogen) atoms. The summed E-state index contributed by atoms with van der Waals surface area (Å²) in [6.45, 7) is 1.55. The summed E-state index contributed by atoms with van der Waals surface area (Å²) in [5.74, 6) is 0.0413. The molecule has 0 bridgehead atoms. The highest BCUT2D eigenvalue weighted by atomic mass is 32.1. The van der Waals surface area contributed by atoms with Crippen molar-refractivity contribution in [1.82, 2.24) is 10.3 Å². The third-order valence-corrected chi connectivity index (χ3v) is 4.85. The Labute approximate surface area is 140 Å². The van der Waals surface area contributed by atoms with Crippen molar-refractivity contribution in [2.75, 3.05) is 13.2 Å². The van der Waals surface area contributed by atoms with Crippen LogP contribution in [0.15, 0.2) is 35.7 Å². The highest BCUT2D eigenvalue weighted by molar-refractivity contribution is 7.09. The number of hydrogen-bond donors (Lipinski definition) is 1. The van der Waals surface area contributed by atoms with Gasteiger partial charge in [-0.15, -0.1) is 11.3 Å². The van der Waals surface area contributed by atoms with E-state index in [0.29, 0.717) is 19.1 Å². The van der Waals surface area contributed by atoms with Crippen molar-refractivity contribution in [3.05, 3.63) is 52.0 Å². The molecule has 1 aliphatic rings. The molecular weight excluding hydrogens is 308 g/mol. The number of hydrogen-bond acceptors (Lipinski definition) is 4. The number of rotatable bonds is 7. The summed E-state index contributed by atoms with van der Waals surface area (Å²) in [6, 6.07) is 10.3. The molecule has 3 rings (SSSR count). The molecule has 1 amide bonds. The lowest BCUT2D eigenvalue weighted by Gasteiger charge is -2.09. The fourth-order valence-corrected chi connectivity index (χ4v) is 3.58. The van der Waals surface area contributed by atoms with Gasteiger partial charge in [0.2, 0.25) is 5.91 Å². The average Bonchev–Trinajstić information content (AvgIpc) is 3.21. The van der Waals surface area contributed by atoms with Crippen molar-refractivity contribution < 1.29 is 9.53 Å². The van der Waals surface area contributed by atoms with Crippen LogP contribution in [-0.4, -0.2) is 30.1 Å². The van der Waals surface area contributed by atoms with E-state index in [2.05, 4.69) is 22.4 Å². The molecule has 2 aromatic rings. The second kappa shape index (κ2) is 8.22. The van der Waals surface area contributed by atoms with E-state index in [1.54, 1.807) is 11.3 Å². The summed E-state index contributed by atoms with van der Waals surface area (Å²) >= 11 is 1.62. The smallest absolute Gasteiger partial charge is 0.226 e. The number of carbonyl (C=O) groups excluding carboxylic acids is 1. The SMILES string of the molecule is O=C(Cc1csc(Cc2ccccc2)n1)NCCC1CCCO1. The molecule has 0 spiro atoms. The van der Waals surface area contributed by atoms with Crippen LogP contribution in [0.3, 0.4) is 0 Å². The van der Waals surface area contributed by atoms with Crippen LogP contribution in [0.5, 0.6) is 0 Å². The first-order valence-corrected chi connectivity index (χ1v) is 9.03. The maximum Gasteiger partial charge on any atom is 0.226 e. The Kier molecular flexibility index (Phi) is 5.77. The summed E-state index contributed by atoms with van der Waals surface area (Å²) in [6.07, 6.45) is 4.67. The molecule has 1 aromatic carbocycles. The molecular formula is C18H22N2O2S. The summed E-state index contributed by atoms with van der Waals surface area (Å²) in [5.41, 5.74) is 2.10. The van der Waals surface area contributed by atoms with Crippen molar-refractivity contribution in [2.24, 2.45) is 0 Å². The molecule has 2 heterocycles. The molecule has 122 valence electrons. The highest BCUT2D eigenvalue weighted by Crippen LogP contribution is 2.16. The number of thiazole rings is 1. The standard InChI is InChI=1S/C18H22N2O2S/c21-17(19-9-8-16-7-4-10-22-16)12-15-13-23-18(20-15)11-14-5-2-1-3-6-14/h1-3,5-6,13,16H,4,7-12H2,(H,19,21). The first-order chi connectivity index (χ1) is 11.3. The van der Waals surface area contributed by atoms with E-state index in [1.165, 1.54) is 5.56 Å². The van der Waals surface area contributed by atoms with Crippen molar-refractivity contribution in [3.63, 3.8) is 0 Å². The van der Waals surface area contributed by atoms with E-state index in [4.69, 9.17) is 4.74 Å². The van der Waals surface area contributed by atoms with Gasteiger partial charge in [0.15, 0.2) is 0 Å². The summed E-state index contributed by atoms with van der Waals surface area (Å²) in [7, 11) is 0. The monoisotopic (exact) mass is 330 g/mol. The van der Waals surface area contributed by atoms with Crippen LogP contribution in [0.1, 0.15) is 35.5 Å². The number of amides is 1. The lowest BCUT2D eigenvalue weighted by molar-refractivity contribution is -0.120. The minimum Gasteiger partial charge on any atom is -0.378 e. The third kappa shape index (κ3) is 5.15. The molecule has 0 aliphatic carbocycles. The molecule has 1 atom stereocenters. The summed E-state index contributed by atoms with van der Waals surface area (Å²) in [5, 5.41) is 6.00. The van der Waals surface area contributed by atoms with Gasteiger partial charge in [-0.3, -0.25) is 4.79 Å². The van der Waals surface area contributed by atoms with Gasteiger partial charge in [0, 0.05) is 25.0 Å². The van der Waals surface area contributed by atoms with Crippen LogP contribution in [0.2, 0.25) is 0 Å². The minimum atomic E-state index is 0.0413. The lowest BCUT2D eigenvalue weighted by Crippen LogP contribution is -2.28. The first kappa shape index (κ1) is 16.1. The molecule has 1 aromatic heterocycles. The van der Waals surface area contributed by atoms with Crippen molar-refractivity contribution in [1.29, 1.82) is 0 Å². The van der Waals surface area contributed by atoms with Gasteiger partial charge in [-0.25, -0.2) is 4.98 Å². The van der Waals surface area contributed by atoms with Gasteiger partial charge in [0.05, 0.1) is 23.2 Å². The fraction of sp³-hybridized carbons (Fsp3) is 0.444. The second-order valence-electron chi connectivity index (χ2n) is 5.85. The zero-order valence-corrected chi connectivity index (χ0v) is 14.0. The van der Waals surface area contributed by atoms with Crippen molar-refractivity contribution >= 4 is 17.2 Å². The Morgan fingerprint density at radius 1 is 1.35 bits per heavy atom. The van der Waals surface area contributed by atoms with E-state index >= 15 is 0 Å². The number of ether oxygens (including phenoxy) is 1. The van der Waals surface area contributed by atoms with E-state index in [1.807, 2.05) is 23.6 Å². The Morgan fingerprint density at radius 3 is 3.00 bits per heavy atom. The van der Waals surface area contributed by atoms with E-state index in [-0.39, 0.29) is 5.91 Å². The predicted molar refractivity (Wildman–Crippen MR) is 91.7 cm³/mol. The van der Waals surface area contributed by atoms with Crippen molar-refractivity contribution in [2.45, 2.75) is 38.2 Å². The van der Waals surface area contributed by atoms with Gasteiger partial charge >= 0.3 is 0 Å². The maximum atomic E-state index is 12.0. The summed E-state index contributed by atoms with van der Waals surface area (Å²) < 4.78 is 5.55. The van der Waals surface area contributed by atoms with Crippen LogP contribution in [0.25, 0.3) is 0 Å². The first-order valence-electron chi connectivity index (χ1n) is 8.15. The van der Waals surface area contributed by atoms with Gasteiger partial charge in [0.25, 0.3) is 0 Å². The molecule has 5 heteroatoms. The third-order valence-electron chi connectivity index (χ3n) is 3.95. The topological polar surface area (TPSA) is 51.2 Å². The zero-order chi connectivity index (χ0) is 15.9. The number of nitrogens with zero attached hydrogens (tertiary/aromatic N) is 1. The van der Waals surface area contributed by atoms with Crippen LogP contribution in [0, 0.1) is 0 Å². The number of benzene rings is 1. The van der Waals surface area contributed by atoms with E-state index < -0.39 is 0 Å². The Hall–Kier alpha value is -1.72. The zero-order valence-electron chi connectivity index (χ0n) is 13.2. The van der Waals surface area contributed by atoms with Gasteiger partial charge < -0.3 is 10.1 Å². The molecule has 1 fully saturated rings. The van der Waals surface area contributed by atoms with Gasteiger partial charge in [-0.1, -0.05) is 30.3 Å². The largest absolute Gasteiger partial charge is 0.378 e. The Bertz CT molecular complexity index is 621. The quantitative estimate of drug-likeness (QED) is 0.849. The predicted octanol–water partition coefficient (Wildman–Crippen LogP) is 2.96. The molecule has 1 aliphatic heterocycles. The molecule has 0 radical (unpaired) electrons. The average molecular weight is 330 g/mol. The van der Waals surface area contributed by atoms with Crippen molar-refractivity contribution in [3.8, 4) is 0 Å².